The second-order valence-corrected chi connectivity index (χ2v) is 7.05. The van der Waals surface area contributed by atoms with Crippen molar-refractivity contribution in [3.8, 4) is 0 Å². The van der Waals surface area contributed by atoms with Crippen LogP contribution >= 0.6 is 0 Å². The average Bonchev–Trinajstić information content (AvgIpc) is 3.30. The zero-order valence-corrected chi connectivity index (χ0v) is 14.7. The number of anilines is 3. The Balaban J connectivity index is 1.41. The van der Waals surface area contributed by atoms with Gasteiger partial charge in [-0.25, -0.2) is 0 Å². The highest BCUT2D eigenvalue weighted by Gasteiger charge is 2.23. The van der Waals surface area contributed by atoms with E-state index < -0.39 is 0 Å². The van der Waals surface area contributed by atoms with Gasteiger partial charge in [-0.1, -0.05) is 12.1 Å². The van der Waals surface area contributed by atoms with Crippen LogP contribution in [0.25, 0.3) is 10.8 Å². The lowest BCUT2D eigenvalue weighted by atomic mass is 10.0. The maximum absolute atomic E-state index is 12.1. The third-order valence-corrected chi connectivity index (χ3v) is 5.44. The number of hydrogen-bond acceptors (Lipinski definition) is 4. The van der Waals surface area contributed by atoms with Crippen molar-refractivity contribution in [2.75, 3.05) is 23.7 Å². The van der Waals surface area contributed by atoms with Gasteiger partial charge in [0.2, 0.25) is 6.41 Å². The molecule has 2 aliphatic heterocycles. The van der Waals surface area contributed by atoms with Gasteiger partial charge in [0.15, 0.2) is 0 Å². The summed E-state index contributed by atoms with van der Waals surface area (Å²) in [6.45, 7) is 1.54. The molecule has 3 heterocycles. The number of piperidine rings is 1. The van der Waals surface area contributed by atoms with E-state index in [0.29, 0.717) is 11.6 Å². The molecule has 0 saturated carbocycles. The summed E-state index contributed by atoms with van der Waals surface area (Å²) in [6, 6.07) is 9.99. The van der Waals surface area contributed by atoms with Crippen molar-refractivity contribution >= 4 is 40.2 Å². The number of benzene rings is 2. The number of rotatable bonds is 4. The second kappa shape index (κ2) is 6.12. The van der Waals surface area contributed by atoms with Gasteiger partial charge < -0.3 is 15.5 Å². The van der Waals surface area contributed by atoms with Crippen molar-refractivity contribution in [1.29, 1.82) is 0 Å². The lowest BCUT2D eigenvalue weighted by Gasteiger charge is -2.29. The van der Waals surface area contributed by atoms with E-state index in [1.54, 1.807) is 4.90 Å². The van der Waals surface area contributed by atoms with E-state index in [4.69, 9.17) is 0 Å². The van der Waals surface area contributed by atoms with Crippen molar-refractivity contribution in [3.63, 3.8) is 0 Å². The summed E-state index contributed by atoms with van der Waals surface area (Å²) < 4.78 is 1.98. The van der Waals surface area contributed by atoms with Crippen LogP contribution in [0.3, 0.4) is 0 Å². The zero-order valence-electron chi connectivity index (χ0n) is 14.7. The van der Waals surface area contributed by atoms with Gasteiger partial charge >= 0.3 is 0 Å². The number of aromatic nitrogens is 2. The monoisotopic (exact) mass is 361 g/mol. The first kappa shape index (κ1) is 15.9. The molecule has 136 valence electrons. The van der Waals surface area contributed by atoms with Crippen LogP contribution in [0.1, 0.15) is 29.2 Å². The number of nitrogens with zero attached hydrogens (tertiary/aromatic N) is 3. The molecule has 0 spiro atoms. The van der Waals surface area contributed by atoms with Gasteiger partial charge in [-0.3, -0.25) is 14.3 Å². The van der Waals surface area contributed by atoms with E-state index in [9.17, 15) is 9.59 Å². The predicted molar refractivity (Wildman–Crippen MR) is 103 cm³/mol. The first-order valence-corrected chi connectivity index (χ1v) is 9.10. The second-order valence-electron chi connectivity index (χ2n) is 7.05. The molecule has 2 aliphatic rings. The summed E-state index contributed by atoms with van der Waals surface area (Å²) in [5.41, 5.74) is 3.42. The fourth-order valence-electron chi connectivity index (χ4n) is 4.01. The van der Waals surface area contributed by atoms with E-state index in [2.05, 4.69) is 15.7 Å². The summed E-state index contributed by atoms with van der Waals surface area (Å²) in [4.78, 5) is 24.7. The Hall–Kier alpha value is -3.35. The van der Waals surface area contributed by atoms with E-state index in [1.807, 2.05) is 47.4 Å². The quantitative estimate of drug-likeness (QED) is 0.700. The lowest BCUT2D eigenvalue weighted by molar-refractivity contribution is -0.119. The van der Waals surface area contributed by atoms with Crippen LogP contribution < -0.4 is 10.6 Å². The summed E-state index contributed by atoms with van der Waals surface area (Å²) >= 11 is 0. The van der Waals surface area contributed by atoms with Crippen LogP contribution in [0.15, 0.2) is 42.7 Å². The Morgan fingerprint density at radius 3 is 2.85 bits per heavy atom. The Labute approximate surface area is 156 Å². The van der Waals surface area contributed by atoms with E-state index in [-0.39, 0.29) is 5.91 Å². The number of hydrogen-bond donors (Lipinski definition) is 2. The average molecular weight is 361 g/mol. The smallest absolute Gasteiger partial charge is 0.256 e. The summed E-state index contributed by atoms with van der Waals surface area (Å²) in [5, 5.41) is 12.8. The van der Waals surface area contributed by atoms with Crippen molar-refractivity contribution in [1.82, 2.24) is 14.7 Å². The Bertz CT molecular complexity index is 1050. The van der Waals surface area contributed by atoms with E-state index >= 15 is 0 Å². The molecule has 2 amide bonds. The molecule has 5 rings (SSSR count). The van der Waals surface area contributed by atoms with Gasteiger partial charge in [-0.05, 0) is 31.0 Å². The van der Waals surface area contributed by atoms with Crippen molar-refractivity contribution in [2.24, 2.45) is 0 Å². The number of carbonyl (C=O) groups is 2. The third kappa shape index (κ3) is 2.63. The minimum atomic E-state index is -0.0535. The lowest BCUT2D eigenvalue weighted by Crippen LogP contribution is -2.33. The number of likely N-dealkylation sites (tertiary alicyclic amines) is 1. The Morgan fingerprint density at radius 1 is 1.19 bits per heavy atom. The summed E-state index contributed by atoms with van der Waals surface area (Å²) in [5.74, 6) is -0.0535. The molecular formula is C20H19N5O2. The van der Waals surface area contributed by atoms with Gasteiger partial charge in [0.05, 0.1) is 17.9 Å². The van der Waals surface area contributed by atoms with Gasteiger partial charge in [0, 0.05) is 47.0 Å². The van der Waals surface area contributed by atoms with E-state index in [1.165, 1.54) is 0 Å². The number of carbonyl (C=O) groups excluding carboxylic acids is 2. The SMILES string of the molecule is O=CN1CCC(n2cc(Nc3ccc4c5c(cccc35)C(=O)N4)cn2)CC1. The summed E-state index contributed by atoms with van der Waals surface area (Å²) in [6.07, 6.45) is 6.57. The molecule has 2 N–H and O–H groups in total. The van der Waals surface area contributed by atoms with Crippen molar-refractivity contribution in [2.45, 2.75) is 18.9 Å². The Morgan fingerprint density at radius 2 is 2.04 bits per heavy atom. The molecule has 3 aromatic rings. The van der Waals surface area contributed by atoms with E-state index in [0.717, 1.165) is 60.2 Å². The van der Waals surface area contributed by atoms with Crippen LogP contribution in [0.4, 0.5) is 17.1 Å². The number of amides is 2. The van der Waals surface area contributed by atoms with Crippen LogP contribution in [0, 0.1) is 0 Å². The summed E-state index contributed by atoms with van der Waals surface area (Å²) in [7, 11) is 0. The van der Waals surface area contributed by atoms with Crippen LogP contribution in [0.5, 0.6) is 0 Å². The van der Waals surface area contributed by atoms with Gasteiger partial charge in [-0.2, -0.15) is 5.10 Å². The fraction of sp³-hybridized carbons (Fsp3) is 0.250. The highest BCUT2D eigenvalue weighted by Crippen LogP contribution is 2.38. The highest BCUT2D eigenvalue weighted by molar-refractivity contribution is 6.25. The third-order valence-electron chi connectivity index (χ3n) is 5.44. The van der Waals surface area contributed by atoms with Crippen LogP contribution in [-0.2, 0) is 4.79 Å². The molecule has 0 unspecified atom stereocenters. The normalized spacial score (nSPS) is 16.6. The maximum Gasteiger partial charge on any atom is 0.256 e. The van der Waals surface area contributed by atoms with Gasteiger partial charge in [-0.15, -0.1) is 0 Å². The number of nitrogens with one attached hydrogen (secondary N) is 2. The standard InChI is InChI=1S/C20H19N5O2/c26-12-24-8-6-14(7-9-24)25-11-13(10-21-25)22-17-4-5-18-19-15(17)2-1-3-16(19)20(27)23-18/h1-5,10-12,14,22H,6-9H2,(H,23,27). The molecule has 7 nitrogen and oxygen atoms in total. The molecule has 0 atom stereocenters. The highest BCUT2D eigenvalue weighted by atomic mass is 16.2. The molecule has 1 fully saturated rings. The first-order valence-electron chi connectivity index (χ1n) is 9.10. The van der Waals surface area contributed by atoms with Crippen molar-refractivity contribution in [3.05, 3.63) is 48.3 Å². The topological polar surface area (TPSA) is 79.3 Å². The fourth-order valence-corrected chi connectivity index (χ4v) is 4.01. The minimum absolute atomic E-state index is 0.0535. The van der Waals surface area contributed by atoms with Crippen LogP contribution in [-0.4, -0.2) is 40.1 Å². The van der Waals surface area contributed by atoms with Gasteiger partial charge in [0.1, 0.15) is 0 Å². The van der Waals surface area contributed by atoms with Gasteiger partial charge in [0.25, 0.3) is 5.91 Å². The molecular weight excluding hydrogens is 342 g/mol. The minimum Gasteiger partial charge on any atom is -0.352 e. The molecule has 0 aliphatic carbocycles. The largest absolute Gasteiger partial charge is 0.352 e. The van der Waals surface area contributed by atoms with Crippen LogP contribution in [0.2, 0.25) is 0 Å². The van der Waals surface area contributed by atoms with Crippen molar-refractivity contribution < 1.29 is 9.59 Å². The zero-order chi connectivity index (χ0) is 18.4. The molecule has 2 aromatic carbocycles. The molecule has 0 bridgehead atoms. The molecule has 27 heavy (non-hydrogen) atoms. The molecule has 1 saturated heterocycles. The maximum atomic E-state index is 12.1. The Kier molecular flexibility index (Phi) is 3.60. The predicted octanol–water partition coefficient (Wildman–Crippen LogP) is 3.14. The molecule has 1 aromatic heterocycles. The first-order chi connectivity index (χ1) is 13.2. The molecule has 7 heteroatoms. The molecule has 0 radical (unpaired) electrons.